The van der Waals surface area contributed by atoms with Crippen LogP contribution < -0.4 is 0 Å². The lowest BCUT2D eigenvalue weighted by Gasteiger charge is -2.20. The van der Waals surface area contributed by atoms with Crippen LogP contribution in [0.15, 0.2) is 22.3 Å². The molecule has 2 atom stereocenters. The second-order valence-electron chi connectivity index (χ2n) is 6.82. The van der Waals surface area contributed by atoms with Gasteiger partial charge in [0.15, 0.2) is 0 Å². The minimum Gasteiger partial charge on any atom is -0.0744 e. The SMILES string of the molecule is CC1=C(C)CC(C)CC1.CC1=C(C)CC(C)CC1. The number of hydrogen-bond donors (Lipinski definition) is 0. The van der Waals surface area contributed by atoms with E-state index in [2.05, 4.69) is 41.5 Å². The van der Waals surface area contributed by atoms with E-state index in [0.29, 0.717) is 0 Å². The summed E-state index contributed by atoms with van der Waals surface area (Å²) in [5.41, 5.74) is 6.53. The molecule has 0 radical (unpaired) electrons. The minimum absolute atomic E-state index is 0.939. The average Bonchev–Trinajstić information content (AvgIpc) is 2.30. The summed E-state index contributed by atoms with van der Waals surface area (Å²) in [7, 11) is 0. The van der Waals surface area contributed by atoms with Gasteiger partial charge in [-0.25, -0.2) is 0 Å². The minimum atomic E-state index is 0.939. The molecule has 0 heteroatoms. The van der Waals surface area contributed by atoms with Gasteiger partial charge in [0.2, 0.25) is 0 Å². The van der Waals surface area contributed by atoms with E-state index in [-0.39, 0.29) is 0 Å². The van der Waals surface area contributed by atoms with E-state index in [1.165, 1.54) is 38.5 Å². The van der Waals surface area contributed by atoms with Crippen molar-refractivity contribution >= 4 is 0 Å². The van der Waals surface area contributed by atoms with Crippen molar-refractivity contribution in [3.05, 3.63) is 22.3 Å². The van der Waals surface area contributed by atoms with Crippen LogP contribution in [-0.4, -0.2) is 0 Å². The largest absolute Gasteiger partial charge is 0.0744 e. The first-order valence-electron chi connectivity index (χ1n) is 7.70. The fourth-order valence-electron chi connectivity index (χ4n) is 2.95. The zero-order valence-corrected chi connectivity index (χ0v) is 13.4. The Morgan fingerprint density at radius 3 is 1.17 bits per heavy atom. The van der Waals surface area contributed by atoms with Gasteiger partial charge in [0.25, 0.3) is 0 Å². The fraction of sp³-hybridized carbons (Fsp3) is 0.778. The van der Waals surface area contributed by atoms with Crippen LogP contribution in [0.1, 0.15) is 80.1 Å². The lowest BCUT2D eigenvalue weighted by Crippen LogP contribution is -2.03. The third-order valence-corrected chi connectivity index (χ3v) is 4.79. The predicted octanol–water partition coefficient (Wildman–Crippen LogP) is 6.29. The van der Waals surface area contributed by atoms with Gasteiger partial charge in [-0.2, -0.15) is 0 Å². The normalized spacial score (nSPS) is 29.0. The van der Waals surface area contributed by atoms with Crippen LogP contribution in [-0.2, 0) is 0 Å². The molecule has 0 fully saturated rings. The van der Waals surface area contributed by atoms with Crippen molar-refractivity contribution in [3.8, 4) is 0 Å². The lowest BCUT2D eigenvalue weighted by molar-refractivity contribution is 0.496. The van der Waals surface area contributed by atoms with E-state index in [1.807, 2.05) is 0 Å². The topological polar surface area (TPSA) is 0 Å². The summed E-state index contributed by atoms with van der Waals surface area (Å²) in [5, 5.41) is 0. The zero-order valence-electron chi connectivity index (χ0n) is 13.4. The average molecular weight is 248 g/mol. The van der Waals surface area contributed by atoms with Crippen LogP contribution in [0.5, 0.6) is 0 Å². The molecule has 2 rings (SSSR count). The van der Waals surface area contributed by atoms with Crippen LogP contribution in [0.4, 0.5) is 0 Å². The molecule has 0 aromatic carbocycles. The second kappa shape index (κ2) is 7.16. The molecular weight excluding hydrogens is 216 g/mol. The molecule has 0 aromatic rings. The second-order valence-corrected chi connectivity index (χ2v) is 6.82. The first kappa shape index (κ1) is 15.5. The smallest absolute Gasteiger partial charge is 0.0295 e. The molecule has 0 aliphatic heterocycles. The molecule has 0 heterocycles. The molecule has 18 heavy (non-hydrogen) atoms. The maximum absolute atomic E-state index is 2.34. The van der Waals surface area contributed by atoms with Gasteiger partial charge in [0.1, 0.15) is 0 Å². The summed E-state index contributed by atoms with van der Waals surface area (Å²) in [6.07, 6.45) is 8.17. The highest BCUT2D eigenvalue weighted by Gasteiger charge is 2.11. The molecule has 0 saturated heterocycles. The maximum Gasteiger partial charge on any atom is -0.0295 e. The van der Waals surface area contributed by atoms with Gasteiger partial charge < -0.3 is 0 Å². The van der Waals surface area contributed by atoms with Gasteiger partial charge in [-0.3, -0.25) is 0 Å². The van der Waals surface area contributed by atoms with Gasteiger partial charge in [-0.05, 0) is 78.1 Å². The highest BCUT2D eigenvalue weighted by atomic mass is 14.2. The van der Waals surface area contributed by atoms with E-state index < -0.39 is 0 Å². The Morgan fingerprint density at radius 1 is 0.611 bits per heavy atom. The van der Waals surface area contributed by atoms with Gasteiger partial charge in [0.05, 0.1) is 0 Å². The summed E-state index contributed by atoms with van der Waals surface area (Å²) in [6.45, 7) is 13.8. The summed E-state index contributed by atoms with van der Waals surface area (Å²) in [6, 6.07) is 0. The van der Waals surface area contributed by atoms with Gasteiger partial charge in [-0.1, -0.05) is 36.1 Å². The Labute approximate surface area is 115 Å². The summed E-state index contributed by atoms with van der Waals surface area (Å²) in [5.74, 6) is 1.88. The van der Waals surface area contributed by atoms with Crippen molar-refractivity contribution in [2.75, 3.05) is 0 Å². The van der Waals surface area contributed by atoms with Crippen LogP contribution in [0.2, 0.25) is 0 Å². The summed E-state index contributed by atoms with van der Waals surface area (Å²) in [4.78, 5) is 0. The highest BCUT2D eigenvalue weighted by Crippen LogP contribution is 2.28. The van der Waals surface area contributed by atoms with Crippen molar-refractivity contribution in [3.63, 3.8) is 0 Å². The lowest BCUT2D eigenvalue weighted by atomic mass is 9.86. The Bertz CT molecular complexity index is 296. The number of allylic oxidation sites excluding steroid dienone is 4. The molecule has 2 aliphatic carbocycles. The van der Waals surface area contributed by atoms with Crippen molar-refractivity contribution in [2.45, 2.75) is 80.1 Å². The van der Waals surface area contributed by atoms with E-state index in [0.717, 1.165) is 11.8 Å². The van der Waals surface area contributed by atoms with Crippen molar-refractivity contribution in [1.82, 2.24) is 0 Å². The molecular formula is C18H32. The molecule has 0 spiro atoms. The molecule has 0 N–H and O–H groups in total. The Kier molecular flexibility index (Phi) is 6.18. The molecule has 2 unspecified atom stereocenters. The van der Waals surface area contributed by atoms with E-state index in [1.54, 1.807) is 22.3 Å². The molecule has 0 saturated carbocycles. The molecule has 0 amide bonds. The van der Waals surface area contributed by atoms with Crippen molar-refractivity contribution < 1.29 is 0 Å². The van der Waals surface area contributed by atoms with Crippen LogP contribution >= 0.6 is 0 Å². The maximum atomic E-state index is 2.34. The predicted molar refractivity (Wildman–Crippen MR) is 82.8 cm³/mol. The van der Waals surface area contributed by atoms with Gasteiger partial charge in [-0.15, -0.1) is 0 Å². The van der Waals surface area contributed by atoms with E-state index in [9.17, 15) is 0 Å². The van der Waals surface area contributed by atoms with Crippen LogP contribution in [0.25, 0.3) is 0 Å². The quantitative estimate of drug-likeness (QED) is 0.442. The highest BCUT2D eigenvalue weighted by molar-refractivity contribution is 5.13. The molecule has 0 aromatic heterocycles. The van der Waals surface area contributed by atoms with Gasteiger partial charge >= 0.3 is 0 Å². The first-order valence-corrected chi connectivity index (χ1v) is 7.70. The third-order valence-electron chi connectivity index (χ3n) is 4.79. The van der Waals surface area contributed by atoms with Gasteiger partial charge in [0, 0.05) is 0 Å². The standard InChI is InChI=1S/2C9H16/c2*1-7-4-5-8(2)9(3)6-7/h2*7H,4-6H2,1-3H3. The van der Waals surface area contributed by atoms with Crippen molar-refractivity contribution in [2.24, 2.45) is 11.8 Å². The summed E-state index contributed by atoms with van der Waals surface area (Å²) < 4.78 is 0. The van der Waals surface area contributed by atoms with Crippen LogP contribution in [0, 0.1) is 11.8 Å². The Balaban J connectivity index is 0.000000180. The summed E-state index contributed by atoms with van der Waals surface area (Å²) >= 11 is 0. The molecule has 0 nitrogen and oxygen atoms in total. The molecule has 104 valence electrons. The Morgan fingerprint density at radius 2 is 0.944 bits per heavy atom. The first-order chi connectivity index (χ1) is 8.40. The van der Waals surface area contributed by atoms with Crippen LogP contribution in [0.3, 0.4) is 0 Å². The van der Waals surface area contributed by atoms with E-state index >= 15 is 0 Å². The number of hydrogen-bond acceptors (Lipinski definition) is 0. The fourth-order valence-corrected chi connectivity index (χ4v) is 2.95. The third kappa shape index (κ3) is 5.00. The number of rotatable bonds is 0. The van der Waals surface area contributed by atoms with E-state index in [4.69, 9.17) is 0 Å². The molecule has 0 bridgehead atoms. The monoisotopic (exact) mass is 248 g/mol. The van der Waals surface area contributed by atoms with Crippen molar-refractivity contribution in [1.29, 1.82) is 0 Å². The molecule has 2 aliphatic rings. The zero-order chi connectivity index (χ0) is 13.7. The Hall–Kier alpha value is -0.520.